The van der Waals surface area contributed by atoms with Crippen LogP contribution in [0.4, 0.5) is 0 Å². The quantitative estimate of drug-likeness (QED) is 0.636. The molecule has 1 aliphatic rings. The third-order valence-electron chi connectivity index (χ3n) is 4.50. The average Bonchev–Trinajstić information content (AvgIpc) is 2.59. The van der Waals surface area contributed by atoms with Gasteiger partial charge in [0.25, 0.3) is 5.56 Å². The number of carbonyl (C=O) groups is 1. The van der Waals surface area contributed by atoms with E-state index in [1.165, 1.54) is 0 Å². The van der Waals surface area contributed by atoms with E-state index in [-0.39, 0.29) is 23.9 Å². The van der Waals surface area contributed by atoms with Gasteiger partial charge in [-0.2, -0.15) is 0 Å². The Morgan fingerprint density at radius 3 is 2.54 bits per heavy atom. The molecule has 5 heteroatoms. The van der Waals surface area contributed by atoms with Gasteiger partial charge in [0.1, 0.15) is 5.75 Å². The number of benzene rings is 2. The molecule has 0 saturated heterocycles. The number of aromatic nitrogens is 1. The van der Waals surface area contributed by atoms with Gasteiger partial charge in [0.15, 0.2) is 0 Å². The zero-order valence-corrected chi connectivity index (χ0v) is 13.7. The predicted octanol–water partition coefficient (Wildman–Crippen LogP) is 3.63. The summed E-state index contributed by atoms with van der Waals surface area (Å²) in [5.74, 6) is -0.285. The zero-order chi connectivity index (χ0) is 16.8. The minimum absolute atomic E-state index is 0.141. The highest BCUT2D eigenvalue weighted by molar-refractivity contribution is 6.30. The lowest BCUT2D eigenvalue weighted by Crippen LogP contribution is -2.31. The molecule has 1 aromatic heterocycles. The van der Waals surface area contributed by atoms with Crippen LogP contribution in [0.25, 0.3) is 10.9 Å². The lowest BCUT2D eigenvalue weighted by atomic mass is 9.86. The number of halogens is 1. The summed E-state index contributed by atoms with van der Waals surface area (Å²) in [7, 11) is 1.74. The summed E-state index contributed by atoms with van der Waals surface area (Å²) in [5, 5.41) is 1.38. The maximum absolute atomic E-state index is 12.9. The van der Waals surface area contributed by atoms with Crippen LogP contribution in [-0.4, -0.2) is 10.5 Å². The van der Waals surface area contributed by atoms with Crippen molar-refractivity contribution in [2.24, 2.45) is 7.05 Å². The maximum Gasteiger partial charge on any atom is 0.312 e. The lowest BCUT2D eigenvalue weighted by molar-refractivity contribution is -0.135. The first-order chi connectivity index (χ1) is 11.6. The Labute approximate surface area is 143 Å². The smallest absolute Gasteiger partial charge is 0.312 e. The van der Waals surface area contributed by atoms with Crippen LogP contribution in [0.1, 0.15) is 23.5 Å². The van der Waals surface area contributed by atoms with Gasteiger partial charge in [-0.3, -0.25) is 9.59 Å². The average molecular weight is 340 g/mol. The summed E-state index contributed by atoms with van der Waals surface area (Å²) in [6.45, 7) is 0. The number of fused-ring (bicyclic) bond motifs is 3. The first-order valence-corrected chi connectivity index (χ1v) is 8.02. The number of rotatable bonds is 1. The van der Waals surface area contributed by atoms with Gasteiger partial charge in [-0.25, -0.2) is 0 Å². The molecule has 4 nitrogen and oxygen atoms in total. The number of ether oxygens (including phenoxy) is 1. The summed E-state index contributed by atoms with van der Waals surface area (Å²) < 4.78 is 7.09. The van der Waals surface area contributed by atoms with Crippen LogP contribution < -0.4 is 10.3 Å². The van der Waals surface area contributed by atoms with E-state index in [1.807, 2.05) is 36.4 Å². The van der Waals surface area contributed by atoms with Crippen LogP contribution in [0, 0.1) is 0 Å². The normalized spacial score (nSPS) is 16.8. The van der Waals surface area contributed by atoms with Crippen molar-refractivity contribution in [3.05, 3.63) is 75.0 Å². The first-order valence-electron chi connectivity index (χ1n) is 7.64. The largest absolute Gasteiger partial charge is 0.425 e. The highest BCUT2D eigenvalue weighted by Gasteiger charge is 2.33. The van der Waals surface area contributed by atoms with Crippen LogP contribution in [0.15, 0.2) is 53.3 Å². The standard InChI is InChI=1S/C19H14ClNO3/c1-21-15-5-3-2-4-13(15)18-17(19(21)23)14(10-16(22)24-18)11-6-8-12(20)9-7-11/h2-9,14H,10H2,1H3/t14-/m1/s1. The monoisotopic (exact) mass is 339 g/mol. The Bertz CT molecular complexity index is 1020. The van der Waals surface area contributed by atoms with Crippen molar-refractivity contribution in [3.63, 3.8) is 0 Å². The van der Waals surface area contributed by atoms with Crippen LogP contribution in [-0.2, 0) is 11.8 Å². The van der Waals surface area contributed by atoms with Crippen LogP contribution in [0.3, 0.4) is 0 Å². The van der Waals surface area contributed by atoms with Crippen LogP contribution >= 0.6 is 11.6 Å². The number of esters is 1. The van der Waals surface area contributed by atoms with E-state index < -0.39 is 0 Å². The highest BCUT2D eigenvalue weighted by Crippen LogP contribution is 2.40. The van der Waals surface area contributed by atoms with Crippen molar-refractivity contribution < 1.29 is 9.53 Å². The lowest BCUT2D eigenvalue weighted by Gasteiger charge is -2.26. The molecule has 0 saturated carbocycles. The molecular weight excluding hydrogens is 326 g/mol. The Kier molecular flexibility index (Phi) is 3.43. The molecule has 0 spiro atoms. The van der Waals surface area contributed by atoms with Crippen molar-refractivity contribution >= 4 is 28.5 Å². The Morgan fingerprint density at radius 2 is 1.79 bits per heavy atom. The summed E-state index contributed by atoms with van der Waals surface area (Å²) in [6, 6.07) is 14.7. The number of hydrogen-bond donors (Lipinski definition) is 0. The molecule has 0 unspecified atom stereocenters. The van der Waals surface area contributed by atoms with Gasteiger partial charge in [-0.1, -0.05) is 35.9 Å². The molecule has 120 valence electrons. The number of para-hydroxylation sites is 1. The number of carbonyl (C=O) groups excluding carboxylic acids is 1. The summed E-state index contributed by atoms with van der Waals surface area (Å²) >= 11 is 5.96. The Balaban J connectivity index is 2.05. The fourth-order valence-electron chi connectivity index (χ4n) is 3.31. The summed E-state index contributed by atoms with van der Waals surface area (Å²) in [5.41, 5.74) is 2.00. The van der Waals surface area contributed by atoms with Gasteiger partial charge in [0.05, 0.1) is 17.5 Å². The van der Waals surface area contributed by atoms with E-state index in [0.717, 1.165) is 16.5 Å². The van der Waals surface area contributed by atoms with Gasteiger partial charge in [0, 0.05) is 23.4 Å². The minimum atomic E-state index is -0.333. The van der Waals surface area contributed by atoms with Gasteiger partial charge >= 0.3 is 5.97 Å². The number of nitrogens with zero attached hydrogens (tertiary/aromatic N) is 1. The van der Waals surface area contributed by atoms with Crippen molar-refractivity contribution in [1.29, 1.82) is 0 Å². The fraction of sp³-hybridized carbons (Fsp3) is 0.158. The molecule has 0 amide bonds. The molecule has 2 heterocycles. The number of hydrogen-bond acceptors (Lipinski definition) is 3. The van der Waals surface area contributed by atoms with E-state index in [9.17, 15) is 9.59 Å². The van der Waals surface area contributed by atoms with E-state index in [2.05, 4.69) is 0 Å². The third kappa shape index (κ3) is 2.22. The van der Waals surface area contributed by atoms with E-state index in [4.69, 9.17) is 16.3 Å². The van der Waals surface area contributed by atoms with E-state index >= 15 is 0 Å². The fourth-order valence-corrected chi connectivity index (χ4v) is 3.44. The molecule has 0 fully saturated rings. The van der Waals surface area contributed by atoms with E-state index in [1.54, 1.807) is 23.7 Å². The minimum Gasteiger partial charge on any atom is -0.425 e. The first kappa shape index (κ1) is 15.0. The van der Waals surface area contributed by atoms with Gasteiger partial charge in [0.2, 0.25) is 0 Å². The molecule has 0 radical (unpaired) electrons. The number of pyridine rings is 1. The van der Waals surface area contributed by atoms with Crippen molar-refractivity contribution in [3.8, 4) is 5.75 Å². The molecule has 2 aromatic carbocycles. The van der Waals surface area contributed by atoms with Crippen molar-refractivity contribution in [2.45, 2.75) is 12.3 Å². The zero-order valence-electron chi connectivity index (χ0n) is 13.0. The molecule has 0 N–H and O–H groups in total. The molecule has 1 atom stereocenters. The molecule has 4 rings (SSSR count). The second-order valence-electron chi connectivity index (χ2n) is 5.91. The van der Waals surface area contributed by atoms with E-state index in [0.29, 0.717) is 16.3 Å². The Hall–Kier alpha value is -2.59. The maximum atomic E-state index is 12.9. The van der Waals surface area contributed by atoms with Crippen LogP contribution in [0.2, 0.25) is 5.02 Å². The van der Waals surface area contributed by atoms with Gasteiger partial charge < -0.3 is 9.30 Å². The van der Waals surface area contributed by atoms with Crippen molar-refractivity contribution in [1.82, 2.24) is 4.57 Å². The second-order valence-corrected chi connectivity index (χ2v) is 6.34. The molecule has 0 bridgehead atoms. The topological polar surface area (TPSA) is 48.3 Å². The Morgan fingerprint density at radius 1 is 1.08 bits per heavy atom. The second kappa shape index (κ2) is 5.49. The predicted molar refractivity (Wildman–Crippen MR) is 92.7 cm³/mol. The summed E-state index contributed by atoms with van der Waals surface area (Å²) in [6.07, 6.45) is 0.141. The van der Waals surface area contributed by atoms with Gasteiger partial charge in [-0.15, -0.1) is 0 Å². The van der Waals surface area contributed by atoms with Crippen LogP contribution in [0.5, 0.6) is 5.75 Å². The highest BCUT2D eigenvalue weighted by atomic mass is 35.5. The molecule has 24 heavy (non-hydrogen) atoms. The SMILES string of the molecule is Cn1c(=O)c2c(c3ccccc31)OC(=O)C[C@@H]2c1ccc(Cl)cc1. The molecular formula is C19H14ClNO3. The number of aryl methyl sites for hydroxylation is 1. The van der Waals surface area contributed by atoms with Crippen molar-refractivity contribution in [2.75, 3.05) is 0 Å². The molecule has 0 aliphatic carbocycles. The third-order valence-corrected chi connectivity index (χ3v) is 4.75. The molecule has 1 aliphatic heterocycles. The van der Waals surface area contributed by atoms with Gasteiger partial charge in [-0.05, 0) is 29.8 Å². The summed E-state index contributed by atoms with van der Waals surface area (Å²) in [4.78, 5) is 25.1. The molecule has 3 aromatic rings.